The fraction of sp³-hybridized carbons (Fsp3) is 0.364. The van der Waals surface area contributed by atoms with E-state index in [4.69, 9.17) is 17.0 Å². The van der Waals surface area contributed by atoms with Crippen LogP contribution in [-0.4, -0.2) is 0 Å². The summed E-state index contributed by atoms with van der Waals surface area (Å²) >= 11 is -2.43. The van der Waals surface area contributed by atoms with Gasteiger partial charge in [-0.2, -0.15) is 0 Å². The van der Waals surface area contributed by atoms with E-state index in [2.05, 4.69) is 70.2 Å². The Morgan fingerprint density at radius 2 is 1.72 bits per heavy atom. The van der Waals surface area contributed by atoms with Gasteiger partial charge in [0.05, 0.1) is 0 Å². The van der Waals surface area contributed by atoms with E-state index in [-0.39, 0.29) is 0 Å². The van der Waals surface area contributed by atoms with Crippen LogP contribution in [-0.2, 0) is 25.8 Å². The number of hydrogen-bond donors (Lipinski definition) is 0. The summed E-state index contributed by atoms with van der Waals surface area (Å²) in [6, 6.07) is 13.4. The molecule has 1 atom stereocenters. The van der Waals surface area contributed by atoms with Crippen LogP contribution in [0.4, 0.5) is 0 Å². The zero-order chi connectivity index (χ0) is 18.1. The quantitative estimate of drug-likeness (QED) is 0.435. The van der Waals surface area contributed by atoms with Crippen LogP contribution in [0.25, 0.3) is 17.2 Å². The molecular weight excluding hydrogens is 426 g/mol. The van der Waals surface area contributed by atoms with Crippen molar-refractivity contribution < 1.29 is 19.4 Å². The molecule has 0 saturated heterocycles. The summed E-state index contributed by atoms with van der Waals surface area (Å²) < 4.78 is 0.305. The summed E-state index contributed by atoms with van der Waals surface area (Å²) in [5, 5.41) is 0. The van der Waals surface area contributed by atoms with Crippen LogP contribution in [0.3, 0.4) is 0 Å². The van der Waals surface area contributed by atoms with E-state index < -0.39 is 19.4 Å². The fourth-order valence-electron chi connectivity index (χ4n) is 3.95. The molecule has 3 rings (SSSR count). The topological polar surface area (TPSA) is 0 Å². The molecule has 0 nitrogen and oxygen atoms in total. The standard InChI is InChI=1S/C22H25.2ClH.Zr/c1-5-16-13-18-11-12-19(15(3)4)22(21(18)14-16)20-10-8-7-9-17(20)6-2;;;/h7-15H,5-6H2,1-4H3;2*1H;/q;;;+2/p-2. The maximum absolute atomic E-state index is 6.57. The Kier molecular flexibility index (Phi) is 6.30. The van der Waals surface area contributed by atoms with Crippen LogP contribution in [0.1, 0.15) is 65.9 Å². The number of fused-ring (bicyclic) bond motifs is 1. The van der Waals surface area contributed by atoms with E-state index in [9.17, 15) is 0 Å². The number of aryl methyl sites for hydroxylation is 1. The molecule has 0 saturated carbocycles. The molecule has 0 aliphatic heterocycles. The monoisotopic (exact) mass is 449 g/mol. The summed E-state index contributed by atoms with van der Waals surface area (Å²) in [5.74, 6) is 0.480. The Morgan fingerprint density at radius 1 is 1.00 bits per heavy atom. The zero-order valence-electron chi connectivity index (χ0n) is 15.4. The van der Waals surface area contributed by atoms with Gasteiger partial charge in [0, 0.05) is 0 Å². The normalized spacial score (nSPS) is 16.1. The third kappa shape index (κ3) is 3.58. The Hall–Kier alpha value is -0.357. The van der Waals surface area contributed by atoms with Gasteiger partial charge in [-0.1, -0.05) is 0 Å². The minimum absolute atomic E-state index is 0.305. The molecule has 131 valence electrons. The van der Waals surface area contributed by atoms with E-state index in [0.29, 0.717) is 9.54 Å². The van der Waals surface area contributed by atoms with Gasteiger partial charge >= 0.3 is 168 Å². The Balaban J connectivity index is 2.33. The van der Waals surface area contributed by atoms with E-state index in [1.54, 1.807) is 0 Å². The van der Waals surface area contributed by atoms with Crippen LogP contribution in [0, 0.1) is 0 Å². The Bertz CT molecular complexity index is 806. The molecule has 0 radical (unpaired) electrons. The molecule has 0 amide bonds. The SMILES string of the molecule is CCC1=Cc2c(ccc(C(C)C)c2-c2ccccc2CC)[CH]1[Zr]([Cl])[Cl]. The summed E-state index contributed by atoms with van der Waals surface area (Å²) in [6.45, 7) is 9.01. The summed E-state index contributed by atoms with van der Waals surface area (Å²) in [6.07, 6.45) is 4.45. The van der Waals surface area contributed by atoms with Gasteiger partial charge in [0.15, 0.2) is 0 Å². The van der Waals surface area contributed by atoms with Crippen molar-refractivity contribution in [1.82, 2.24) is 0 Å². The molecule has 0 spiro atoms. The maximum atomic E-state index is 6.57. The predicted molar refractivity (Wildman–Crippen MR) is 108 cm³/mol. The summed E-state index contributed by atoms with van der Waals surface area (Å²) in [5.41, 5.74) is 9.74. The van der Waals surface area contributed by atoms with Crippen LogP contribution in [0.15, 0.2) is 42.0 Å². The second-order valence-electron chi connectivity index (χ2n) is 6.99. The molecular formula is C22H25Cl2Zr. The molecule has 0 heterocycles. The second-order valence-corrected chi connectivity index (χ2v) is 15.8. The first-order valence-corrected chi connectivity index (χ1v) is 16.9. The van der Waals surface area contributed by atoms with Crippen LogP contribution in [0.5, 0.6) is 0 Å². The summed E-state index contributed by atoms with van der Waals surface area (Å²) in [7, 11) is 13.1. The van der Waals surface area contributed by atoms with Gasteiger partial charge in [-0.25, -0.2) is 0 Å². The van der Waals surface area contributed by atoms with Crippen LogP contribution in [0.2, 0.25) is 0 Å². The third-order valence-corrected chi connectivity index (χ3v) is 10.6. The summed E-state index contributed by atoms with van der Waals surface area (Å²) in [4.78, 5) is 0. The molecule has 1 aliphatic carbocycles. The van der Waals surface area contributed by atoms with Crippen LogP contribution >= 0.6 is 17.0 Å². The average molecular weight is 452 g/mol. The molecule has 25 heavy (non-hydrogen) atoms. The van der Waals surface area contributed by atoms with Crippen molar-refractivity contribution in [3.8, 4) is 11.1 Å². The van der Waals surface area contributed by atoms with Gasteiger partial charge in [0.25, 0.3) is 0 Å². The third-order valence-electron chi connectivity index (χ3n) is 5.24. The van der Waals surface area contributed by atoms with E-state index >= 15 is 0 Å². The van der Waals surface area contributed by atoms with Gasteiger partial charge in [0.1, 0.15) is 0 Å². The molecule has 3 heteroatoms. The van der Waals surface area contributed by atoms with Crippen molar-refractivity contribution in [2.75, 3.05) is 0 Å². The van der Waals surface area contributed by atoms with Gasteiger partial charge in [-0.15, -0.1) is 0 Å². The number of rotatable bonds is 5. The van der Waals surface area contributed by atoms with Gasteiger partial charge < -0.3 is 0 Å². The number of halogens is 2. The first-order chi connectivity index (χ1) is 12.0. The van der Waals surface area contributed by atoms with E-state index in [1.165, 1.54) is 39.0 Å². The number of benzene rings is 2. The van der Waals surface area contributed by atoms with E-state index in [0.717, 1.165) is 12.8 Å². The zero-order valence-corrected chi connectivity index (χ0v) is 19.3. The van der Waals surface area contributed by atoms with Crippen molar-refractivity contribution in [3.63, 3.8) is 0 Å². The molecule has 0 bridgehead atoms. The Morgan fingerprint density at radius 3 is 2.32 bits per heavy atom. The van der Waals surface area contributed by atoms with Gasteiger partial charge in [-0.3, -0.25) is 0 Å². The van der Waals surface area contributed by atoms with Crippen LogP contribution < -0.4 is 0 Å². The average Bonchev–Trinajstić information content (AvgIpc) is 2.99. The number of hydrogen-bond acceptors (Lipinski definition) is 0. The van der Waals surface area contributed by atoms with E-state index in [1.807, 2.05) is 0 Å². The van der Waals surface area contributed by atoms with Gasteiger partial charge in [-0.05, 0) is 0 Å². The fourth-order valence-corrected chi connectivity index (χ4v) is 9.59. The van der Waals surface area contributed by atoms with Crippen molar-refractivity contribution in [2.24, 2.45) is 0 Å². The number of allylic oxidation sites excluding steroid dienone is 1. The second kappa shape index (κ2) is 8.12. The minimum atomic E-state index is -2.43. The molecule has 2 aromatic carbocycles. The van der Waals surface area contributed by atoms with Gasteiger partial charge in [0.2, 0.25) is 0 Å². The molecule has 1 aliphatic rings. The molecule has 1 unspecified atom stereocenters. The Labute approximate surface area is 167 Å². The first-order valence-electron chi connectivity index (χ1n) is 9.12. The van der Waals surface area contributed by atoms with Crippen molar-refractivity contribution in [2.45, 2.75) is 50.1 Å². The van der Waals surface area contributed by atoms with Crippen molar-refractivity contribution in [3.05, 3.63) is 64.2 Å². The molecule has 0 fully saturated rings. The first kappa shape index (κ1) is 19.4. The van der Waals surface area contributed by atoms with Crippen molar-refractivity contribution in [1.29, 1.82) is 0 Å². The van der Waals surface area contributed by atoms with Crippen molar-refractivity contribution >= 4 is 23.1 Å². The molecule has 2 aromatic rings. The predicted octanol–water partition coefficient (Wildman–Crippen LogP) is 7.81. The molecule has 0 aromatic heterocycles. The molecule has 0 N–H and O–H groups in total.